The van der Waals surface area contributed by atoms with E-state index >= 15 is 0 Å². The molecular formula is C14H17F3N2O5S. The van der Waals surface area contributed by atoms with Crippen molar-refractivity contribution in [1.29, 1.82) is 0 Å². The number of hydrogen-bond donors (Lipinski definition) is 2. The van der Waals surface area contributed by atoms with Gasteiger partial charge in [-0.2, -0.15) is 17.5 Å². The van der Waals surface area contributed by atoms with Crippen LogP contribution >= 0.6 is 0 Å². The average Bonchev–Trinajstić information content (AvgIpc) is 2.49. The third kappa shape index (κ3) is 6.02. The molecule has 0 unspecified atom stereocenters. The summed E-state index contributed by atoms with van der Waals surface area (Å²) in [5, 5.41) is 10.5. The second-order valence-electron chi connectivity index (χ2n) is 5.36. The number of halogens is 3. The van der Waals surface area contributed by atoms with Gasteiger partial charge in [-0.15, -0.1) is 0 Å². The number of hydrogen-bond acceptors (Lipinski definition) is 4. The molecular weight excluding hydrogens is 365 g/mol. The highest BCUT2D eigenvalue weighted by atomic mass is 32.2. The minimum Gasteiger partial charge on any atom is -0.480 e. The third-order valence-corrected chi connectivity index (χ3v) is 5.08. The predicted octanol–water partition coefficient (Wildman–Crippen LogP) is 1.46. The van der Waals surface area contributed by atoms with Gasteiger partial charge in [0.1, 0.15) is 13.1 Å². The molecule has 140 valence electrons. The van der Waals surface area contributed by atoms with E-state index in [1.807, 2.05) is 0 Å². The maximum absolute atomic E-state index is 12.5. The lowest BCUT2D eigenvalue weighted by atomic mass is 10.2. The normalized spacial score (nSPS) is 12.4. The van der Waals surface area contributed by atoms with E-state index in [4.69, 9.17) is 5.11 Å². The number of sulfonamides is 1. The number of carboxylic acids is 1. The van der Waals surface area contributed by atoms with Crippen molar-refractivity contribution in [2.75, 3.05) is 13.1 Å². The molecule has 7 nitrogen and oxygen atoms in total. The van der Waals surface area contributed by atoms with Crippen LogP contribution in [0.25, 0.3) is 0 Å². The van der Waals surface area contributed by atoms with Crippen LogP contribution in [0.3, 0.4) is 0 Å². The van der Waals surface area contributed by atoms with Crippen molar-refractivity contribution in [1.82, 2.24) is 9.62 Å². The summed E-state index contributed by atoms with van der Waals surface area (Å²) in [6, 6.07) is 3.55. The molecule has 1 aromatic carbocycles. The Morgan fingerprint density at radius 3 is 2.12 bits per heavy atom. The minimum atomic E-state index is -4.56. The van der Waals surface area contributed by atoms with Crippen LogP contribution in [0.2, 0.25) is 0 Å². The molecule has 1 aromatic rings. The van der Waals surface area contributed by atoms with Crippen LogP contribution in [0.5, 0.6) is 0 Å². The van der Waals surface area contributed by atoms with Gasteiger partial charge in [-0.3, -0.25) is 9.59 Å². The number of carbonyl (C=O) groups is 2. The van der Waals surface area contributed by atoms with Gasteiger partial charge in [-0.05, 0) is 38.1 Å². The van der Waals surface area contributed by atoms with Crippen molar-refractivity contribution in [3.8, 4) is 0 Å². The molecule has 0 fully saturated rings. The van der Waals surface area contributed by atoms with E-state index < -0.39 is 47.2 Å². The van der Waals surface area contributed by atoms with Crippen LogP contribution in [0, 0.1) is 0 Å². The number of alkyl halides is 3. The Balaban J connectivity index is 3.00. The van der Waals surface area contributed by atoms with Gasteiger partial charge in [0.15, 0.2) is 0 Å². The van der Waals surface area contributed by atoms with Crippen LogP contribution in [-0.2, 0) is 14.8 Å². The molecule has 2 N–H and O–H groups in total. The van der Waals surface area contributed by atoms with Crippen molar-refractivity contribution in [3.05, 3.63) is 29.8 Å². The Kier molecular flexibility index (Phi) is 6.54. The highest BCUT2D eigenvalue weighted by Crippen LogP contribution is 2.19. The number of benzene rings is 1. The van der Waals surface area contributed by atoms with Crippen LogP contribution in [0.1, 0.15) is 24.2 Å². The SMILES string of the molecule is CC(C)N(CC(=O)O)S(=O)(=O)c1ccc(C(=O)NCC(F)(F)F)cc1. The zero-order chi connectivity index (χ0) is 19.4. The van der Waals surface area contributed by atoms with Gasteiger partial charge in [0.2, 0.25) is 10.0 Å². The molecule has 25 heavy (non-hydrogen) atoms. The molecule has 0 saturated heterocycles. The third-order valence-electron chi connectivity index (χ3n) is 3.04. The fourth-order valence-electron chi connectivity index (χ4n) is 1.87. The molecule has 0 bridgehead atoms. The van der Waals surface area contributed by atoms with Crippen LogP contribution in [-0.4, -0.2) is 55.0 Å². The molecule has 0 aliphatic rings. The number of rotatable bonds is 7. The molecule has 0 atom stereocenters. The first-order chi connectivity index (χ1) is 11.3. The average molecular weight is 382 g/mol. The summed E-state index contributed by atoms with van der Waals surface area (Å²) in [6.45, 7) is 0.748. The lowest BCUT2D eigenvalue weighted by Crippen LogP contribution is -2.40. The number of carboxylic acid groups (broad SMARTS) is 1. The molecule has 1 rings (SSSR count). The Morgan fingerprint density at radius 1 is 1.20 bits per heavy atom. The zero-order valence-electron chi connectivity index (χ0n) is 13.4. The minimum absolute atomic E-state index is 0.155. The molecule has 0 saturated carbocycles. The summed E-state index contributed by atoms with van der Waals surface area (Å²) in [5.41, 5.74) is -0.155. The van der Waals surface area contributed by atoms with Crippen LogP contribution < -0.4 is 5.32 Å². The number of amides is 1. The molecule has 0 aliphatic carbocycles. The van der Waals surface area contributed by atoms with Crippen molar-refractivity contribution in [2.24, 2.45) is 0 Å². The summed E-state index contributed by atoms with van der Waals surface area (Å²) < 4.78 is 61.9. The van der Waals surface area contributed by atoms with Crippen LogP contribution in [0.15, 0.2) is 29.2 Å². The molecule has 0 spiro atoms. The maximum Gasteiger partial charge on any atom is 0.405 e. The monoisotopic (exact) mass is 382 g/mol. The van der Waals surface area contributed by atoms with Crippen molar-refractivity contribution in [3.63, 3.8) is 0 Å². The number of nitrogens with zero attached hydrogens (tertiary/aromatic N) is 1. The standard InChI is InChI=1S/C14H17F3N2O5S/c1-9(2)19(7-12(20)21)25(23,24)11-5-3-10(4-6-11)13(22)18-8-14(15,16)17/h3-6,9H,7-8H2,1-2H3,(H,18,22)(H,20,21). The van der Waals surface area contributed by atoms with Gasteiger partial charge in [-0.1, -0.05) is 0 Å². The quantitative estimate of drug-likeness (QED) is 0.743. The Morgan fingerprint density at radius 2 is 1.72 bits per heavy atom. The van der Waals surface area contributed by atoms with Gasteiger partial charge in [0.25, 0.3) is 5.91 Å². The van der Waals surface area contributed by atoms with E-state index in [1.54, 1.807) is 5.32 Å². The van der Waals surface area contributed by atoms with Gasteiger partial charge in [0, 0.05) is 11.6 Å². The highest BCUT2D eigenvalue weighted by molar-refractivity contribution is 7.89. The topological polar surface area (TPSA) is 104 Å². The van der Waals surface area contributed by atoms with E-state index in [9.17, 15) is 31.2 Å². The maximum atomic E-state index is 12.5. The Bertz CT molecular complexity index is 730. The Labute approximate surface area is 142 Å². The molecule has 1 amide bonds. The van der Waals surface area contributed by atoms with E-state index in [-0.39, 0.29) is 10.5 Å². The van der Waals surface area contributed by atoms with E-state index in [1.165, 1.54) is 13.8 Å². The first-order valence-corrected chi connectivity index (χ1v) is 8.47. The molecule has 0 heterocycles. The molecule has 0 aliphatic heterocycles. The molecule has 0 radical (unpaired) electrons. The summed E-state index contributed by atoms with van der Waals surface area (Å²) >= 11 is 0. The van der Waals surface area contributed by atoms with Crippen molar-refractivity contribution >= 4 is 21.9 Å². The summed E-state index contributed by atoms with van der Waals surface area (Å²) in [5.74, 6) is -2.34. The number of nitrogens with one attached hydrogen (secondary N) is 1. The van der Waals surface area contributed by atoms with Gasteiger partial charge in [0.05, 0.1) is 4.90 Å². The Hall–Kier alpha value is -2.14. The van der Waals surface area contributed by atoms with Gasteiger partial charge >= 0.3 is 12.1 Å². The van der Waals surface area contributed by atoms with E-state index in [0.29, 0.717) is 0 Å². The lowest BCUT2D eigenvalue weighted by Gasteiger charge is -2.24. The smallest absolute Gasteiger partial charge is 0.405 e. The zero-order valence-corrected chi connectivity index (χ0v) is 14.2. The second kappa shape index (κ2) is 7.83. The summed E-state index contributed by atoms with van der Waals surface area (Å²) in [4.78, 5) is 22.2. The fraction of sp³-hybridized carbons (Fsp3) is 0.429. The van der Waals surface area contributed by atoms with E-state index in [2.05, 4.69) is 0 Å². The molecule has 11 heteroatoms. The number of aliphatic carboxylic acids is 1. The fourth-order valence-corrected chi connectivity index (χ4v) is 3.46. The predicted molar refractivity (Wildman–Crippen MR) is 81.5 cm³/mol. The highest BCUT2D eigenvalue weighted by Gasteiger charge is 2.30. The van der Waals surface area contributed by atoms with Crippen molar-refractivity contribution < 1.29 is 36.3 Å². The van der Waals surface area contributed by atoms with Gasteiger partial charge in [-0.25, -0.2) is 8.42 Å². The molecule has 0 aromatic heterocycles. The summed E-state index contributed by atoms with van der Waals surface area (Å²) in [6.07, 6.45) is -4.56. The van der Waals surface area contributed by atoms with E-state index in [0.717, 1.165) is 28.6 Å². The first kappa shape index (κ1) is 20.9. The number of carbonyl (C=O) groups excluding carboxylic acids is 1. The summed E-state index contributed by atoms with van der Waals surface area (Å²) in [7, 11) is -4.13. The largest absolute Gasteiger partial charge is 0.480 e. The first-order valence-electron chi connectivity index (χ1n) is 7.03. The van der Waals surface area contributed by atoms with Gasteiger partial charge < -0.3 is 10.4 Å². The van der Waals surface area contributed by atoms with Crippen molar-refractivity contribution in [2.45, 2.75) is 31.0 Å². The van der Waals surface area contributed by atoms with Crippen LogP contribution in [0.4, 0.5) is 13.2 Å². The second-order valence-corrected chi connectivity index (χ2v) is 7.25. The lowest BCUT2D eigenvalue weighted by molar-refractivity contribution is -0.137.